The number of hydrogen-bond donors (Lipinski definition) is 2. The summed E-state index contributed by atoms with van der Waals surface area (Å²) in [6.45, 7) is 5.78. The molecule has 1 fully saturated rings. The summed E-state index contributed by atoms with van der Waals surface area (Å²) in [5, 5.41) is 5.62. The third-order valence-electron chi connectivity index (χ3n) is 4.40. The summed E-state index contributed by atoms with van der Waals surface area (Å²) in [7, 11) is 0. The minimum Gasteiger partial charge on any atom is -0.484 e. The van der Waals surface area contributed by atoms with Gasteiger partial charge in [-0.15, -0.1) is 0 Å². The minimum absolute atomic E-state index is 0.0251. The van der Waals surface area contributed by atoms with Gasteiger partial charge in [-0.05, 0) is 61.4 Å². The van der Waals surface area contributed by atoms with Crippen molar-refractivity contribution in [3.05, 3.63) is 53.6 Å². The van der Waals surface area contributed by atoms with Gasteiger partial charge >= 0.3 is 0 Å². The first kappa shape index (κ1) is 17.8. The zero-order valence-electron chi connectivity index (χ0n) is 15.0. The first-order valence-corrected chi connectivity index (χ1v) is 8.63. The van der Waals surface area contributed by atoms with Gasteiger partial charge in [-0.1, -0.05) is 6.07 Å². The van der Waals surface area contributed by atoms with E-state index in [1.165, 1.54) is 5.56 Å². The van der Waals surface area contributed by atoms with Crippen LogP contribution in [0.25, 0.3) is 0 Å². The molecule has 3 rings (SSSR count). The van der Waals surface area contributed by atoms with Crippen molar-refractivity contribution in [2.24, 2.45) is 0 Å². The molecule has 0 unspecified atom stereocenters. The summed E-state index contributed by atoms with van der Waals surface area (Å²) < 4.78 is 5.54. The molecule has 0 bridgehead atoms. The molecule has 136 valence electrons. The van der Waals surface area contributed by atoms with Crippen molar-refractivity contribution in [1.29, 1.82) is 0 Å². The molecule has 1 aliphatic rings. The molecule has 1 heterocycles. The molecule has 2 N–H and O–H groups in total. The summed E-state index contributed by atoms with van der Waals surface area (Å²) in [5.41, 5.74) is 3.98. The van der Waals surface area contributed by atoms with Gasteiger partial charge < -0.3 is 20.3 Å². The Morgan fingerprint density at radius 1 is 1.15 bits per heavy atom. The molecule has 2 aromatic carbocycles. The van der Waals surface area contributed by atoms with Crippen molar-refractivity contribution in [3.8, 4) is 5.75 Å². The first-order chi connectivity index (χ1) is 12.5. The first-order valence-electron chi connectivity index (χ1n) is 8.63. The fraction of sp³-hybridized carbons (Fsp3) is 0.300. The summed E-state index contributed by atoms with van der Waals surface area (Å²) in [6, 6.07) is 13.2. The summed E-state index contributed by atoms with van der Waals surface area (Å²) in [6.07, 6.45) is 0. The third kappa shape index (κ3) is 4.53. The highest BCUT2D eigenvalue weighted by molar-refractivity contribution is 5.92. The van der Waals surface area contributed by atoms with Gasteiger partial charge in [0.2, 0.25) is 5.91 Å². The molecule has 0 atom stereocenters. The van der Waals surface area contributed by atoms with Gasteiger partial charge in [0.15, 0.2) is 6.61 Å². The highest BCUT2D eigenvalue weighted by Crippen LogP contribution is 2.19. The summed E-state index contributed by atoms with van der Waals surface area (Å²) >= 11 is 0. The highest BCUT2D eigenvalue weighted by Gasteiger charge is 2.16. The Kier molecular flexibility index (Phi) is 5.41. The lowest BCUT2D eigenvalue weighted by atomic mass is 10.1. The van der Waals surface area contributed by atoms with Crippen LogP contribution in [0, 0.1) is 13.8 Å². The molecule has 2 aromatic rings. The number of nitrogens with zero attached hydrogens (tertiary/aromatic N) is 1. The van der Waals surface area contributed by atoms with E-state index in [0.717, 1.165) is 17.8 Å². The SMILES string of the molecule is Cc1ccc(OCC(=O)Nc2ccc(N3CCNC(=O)C3)cc2)cc1C. The summed E-state index contributed by atoms with van der Waals surface area (Å²) in [5.74, 6) is 0.493. The Balaban J connectivity index is 1.52. The van der Waals surface area contributed by atoms with E-state index in [4.69, 9.17) is 4.74 Å². The number of benzene rings is 2. The van der Waals surface area contributed by atoms with E-state index >= 15 is 0 Å². The van der Waals surface area contributed by atoms with Crippen LogP contribution in [0.4, 0.5) is 11.4 Å². The van der Waals surface area contributed by atoms with E-state index < -0.39 is 0 Å². The molecule has 26 heavy (non-hydrogen) atoms. The number of amides is 2. The maximum Gasteiger partial charge on any atom is 0.262 e. The lowest BCUT2D eigenvalue weighted by Gasteiger charge is -2.28. The van der Waals surface area contributed by atoms with E-state index in [0.29, 0.717) is 24.5 Å². The van der Waals surface area contributed by atoms with Gasteiger partial charge in [-0.25, -0.2) is 0 Å². The topological polar surface area (TPSA) is 70.7 Å². The van der Waals surface area contributed by atoms with Crippen molar-refractivity contribution < 1.29 is 14.3 Å². The Morgan fingerprint density at radius 2 is 1.92 bits per heavy atom. The van der Waals surface area contributed by atoms with Crippen LogP contribution in [0.2, 0.25) is 0 Å². The number of carbonyl (C=O) groups is 2. The Morgan fingerprint density at radius 3 is 2.62 bits per heavy atom. The van der Waals surface area contributed by atoms with Gasteiger partial charge in [0.25, 0.3) is 5.91 Å². The molecule has 0 radical (unpaired) electrons. The van der Waals surface area contributed by atoms with Crippen molar-refractivity contribution in [1.82, 2.24) is 5.32 Å². The molecule has 0 spiro atoms. The minimum atomic E-state index is -0.215. The van der Waals surface area contributed by atoms with Crippen LogP contribution in [0.15, 0.2) is 42.5 Å². The van der Waals surface area contributed by atoms with Crippen molar-refractivity contribution in [2.45, 2.75) is 13.8 Å². The number of carbonyl (C=O) groups excluding carboxylic acids is 2. The Bertz CT molecular complexity index is 802. The molecule has 0 saturated carbocycles. The van der Waals surface area contributed by atoms with Gasteiger partial charge in [-0.3, -0.25) is 9.59 Å². The van der Waals surface area contributed by atoms with Gasteiger partial charge in [0, 0.05) is 24.5 Å². The van der Waals surface area contributed by atoms with Crippen LogP contribution in [0.5, 0.6) is 5.75 Å². The van der Waals surface area contributed by atoms with Crippen LogP contribution >= 0.6 is 0 Å². The number of aryl methyl sites for hydroxylation is 2. The number of nitrogens with one attached hydrogen (secondary N) is 2. The van der Waals surface area contributed by atoms with E-state index in [1.54, 1.807) is 0 Å². The number of rotatable bonds is 5. The molecule has 1 saturated heterocycles. The zero-order valence-corrected chi connectivity index (χ0v) is 15.0. The number of hydrogen-bond acceptors (Lipinski definition) is 4. The second kappa shape index (κ2) is 7.91. The van der Waals surface area contributed by atoms with Crippen LogP contribution in [0.1, 0.15) is 11.1 Å². The fourth-order valence-corrected chi connectivity index (χ4v) is 2.76. The van der Waals surface area contributed by atoms with Crippen LogP contribution in [0.3, 0.4) is 0 Å². The average molecular weight is 353 g/mol. The van der Waals surface area contributed by atoms with E-state index in [1.807, 2.05) is 61.2 Å². The molecule has 6 nitrogen and oxygen atoms in total. The van der Waals surface area contributed by atoms with E-state index in [-0.39, 0.29) is 18.4 Å². The van der Waals surface area contributed by atoms with Crippen molar-refractivity contribution >= 4 is 23.2 Å². The predicted octanol–water partition coefficient (Wildman–Crippen LogP) is 2.26. The fourth-order valence-electron chi connectivity index (χ4n) is 2.76. The maximum atomic E-state index is 12.1. The average Bonchev–Trinajstić information content (AvgIpc) is 2.63. The Labute approximate surface area is 153 Å². The smallest absolute Gasteiger partial charge is 0.262 e. The largest absolute Gasteiger partial charge is 0.484 e. The standard InChI is InChI=1S/C20H23N3O3/c1-14-3-8-18(11-15(14)2)26-13-20(25)22-16-4-6-17(7-5-16)23-10-9-21-19(24)12-23/h3-8,11H,9-10,12-13H2,1-2H3,(H,21,24)(H,22,25). The van der Waals surface area contributed by atoms with E-state index in [9.17, 15) is 9.59 Å². The molecule has 1 aliphatic heterocycles. The number of anilines is 2. The lowest BCUT2D eigenvalue weighted by molar-refractivity contribution is -0.120. The van der Waals surface area contributed by atoms with Gasteiger partial charge in [-0.2, -0.15) is 0 Å². The van der Waals surface area contributed by atoms with Crippen molar-refractivity contribution in [3.63, 3.8) is 0 Å². The molecule has 2 amide bonds. The van der Waals surface area contributed by atoms with Gasteiger partial charge in [0.05, 0.1) is 6.54 Å². The number of ether oxygens (including phenoxy) is 1. The van der Waals surface area contributed by atoms with Crippen LogP contribution in [-0.2, 0) is 9.59 Å². The molecular weight excluding hydrogens is 330 g/mol. The van der Waals surface area contributed by atoms with E-state index in [2.05, 4.69) is 10.6 Å². The van der Waals surface area contributed by atoms with Crippen molar-refractivity contribution in [2.75, 3.05) is 36.5 Å². The van der Waals surface area contributed by atoms with Crippen LogP contribution in [-0.4, -0.2) is 38.1 Å². The molecule has 6 heteroatoms. The lowest BCUT2D eigenvalue weighted by Crippen LogP contribution is -2.47. The van der Waals surface area contributed by atoms with Crippen LogP contribution < -0.4 is 20.3 Å². The highest BCUT2D eigenvalue weighted by atomic mass is 16.5. The Hall–Kier alpha value is -3.02. The second-order valence-corrected chi connectivity index (χ2v) is 6.40. The molecule has 0 aromatic heterocycles. The maximum absolute atomic E-state index is 12.1. The third-order valence-corrected chi connectivity index (χ3v) is 4.40. The monoisotopic (exact) mass is 353 g/mol. The predicted molar refractivity (Wildman–Crippen MR) is 102 cm³/mol. The normalized spacial score (nSPS) is 13.9. The van der Waals surface area contributed by atoms with Gasteiger partial charge in [0.1, 0.15) is 5.75 Å². The summed E-state index contributed by atoms with van der Waals surface area (Å²) in [4.78, 5) is 25.5. The second-order valence-electron chi connectivity index (χ2n) is 6.40. The zero-order chi connectivity index (χ0) is 18.5. The quantitative estimate of drug-likeness (QED) is 0.865. The molecule has 0 aliphatic carbocycles. The number of piperazine rings is 1. The molecular formula is C20H23N3O3.